The molecule has 0 bridgehead atoms. The third-order valence-electron chi connectivity index (χ3n) is 3.19. The molecule has 0 N–H and O–H groups in total. The number of aromatic nitrogens is 1. The Morgan fingerprint density at radius 1 is 1.09 bits per heavy atom. The Bertz CT molecular complexity index is 843. The Kier molecular flexibility index (Phi) is 4.06. The van der Waals surface area contributed by atoms with E-state index in [0.29, 0.717) is 27.1 Å². The third kappa shape index (κ3) is 2.80. The molecule has 0 saturated carbocycles. The summed E-state index contributed by atoms with van der Waals surface area (Å²) in [4.78, 5) is 16.6. The average molecular weight is 358 g/mol. The predicted molar refractivity (Wildman–Crippen MR) is 87.4 cm³/mol. The van der Waals surface area contributed by atoms with E-state index in [1.807, 2.05) is 24.3 Å². The first-order valence-corrected chi connectivity index (χ1v) is 7.38. The maximum absolute atomic E-state index is 12.3. The van der Waals surface area contributed by atoms with Crippen molar-refractivity contribution in [3.8, 4) is 11.5 Å². The lowest BCUT2D eigenvalue weighted by molar-refractivity contribution is 0.0736. The molecule has 5 heteroatoms. The minimum Gasteiger partial charge on any atom is -0.496 e. The van der Waals surface area contributed by atoms with Crippen LogP contribution in [0.15, 0.2) is 59.2 Å². The smallest absolute Gasteiger partial charge is 0.343 e. The van der Waals surface area contributed by atoms with Crippen LogP contribution in [0, 0.1) is 0 Å². The Balaban J connectivity index is 1.92. The summed E-state index contributed by atoms with van der Waals surface area (Å²) in [7, 11) is 1.57. The lowest BCUT2D eigenvalue weighted by Crippen LogP contribution is -2.09. The number of ether oxygens (including phenoxy) is 2. The molecule has 0 aliphatic heterocycles. The van der Waals surface area contributed by atoms with Gasteiger partial charge in [-0.15, -0.1) is 0 Å². The number of halogens is 1. The van der Waals surface area contributed by atoms with E-state index in [-0.39, 0.29) is 0 Å². The molecule has 2 aromatic carbocycles. The highest BCUT2D eigenvalue weighted by Crippen LogP contribution is 2.27. The Morgan fingerprint density at radius 3 is 2.68 bits per heavy atom. The largest absolute Gasteiger partial charge is 0.496 e. The molecule has 4 nitrogen and oxygen atoms in total. The van der Waals surface area contributed by atoms with Gasteiger partial charge in [0.1, 0.15) is 11.3 Å². The molecule has 1 aromatic heterocycles. The number of benzene rings is 2. The van der Waals surface area contributed by atoms with Gasteiger partial charge >= 0.3 is 5.97 Å². The highest BCUT2D eigenvalue weighted by molar-refractivity contribution is 9.10. The number of hydrogen-bond acceptors (Lipinski definition) is 4. The maximum atomic E-state index is 12.3. The normalized spacial score (nSPS) is 10.5. The number of esters is 1. The molecule has 0 amide bonds. The highest BCUT2D eigenvalue weighted by Gasteiger charge is 2.13. The summed E-state index contributed by atoms with van der Waals surface area (Å²) in [5.41, 5.74) is 1.09. The second-order valence-electron chi connectivity index (χ2n) is 4.57. The summed E-state index contributed by atoms with van der Waals surface area (Å²) in [6.45, 7) is 0. The average Bonchev–Trinajstić information content (AvgIpc) is 2.55. The van der Waals surface area contributed by atoms with Gasteiger partial charge in [-0.1, -0.05) is 18.2 Å². The van der Waals surface area contributed by atoms with Gasteiger partial charge in [0.15, 0.2) is 5.75 Å². The Hall–Kier alpha value is -2.40. The number of carbonyl (C=O) groups is 1. The second kappa shape index (κ2) is 6.15. The third-order valence-corrected chi connectivity index (χ3v) is 3.81. The first kappa shape index (κ1) is 14.5. The number of methoxy groups -OCH3 is 1. The van der Waals surface area contributed by atoms with Crippen LogP contribution in [0.3, 0.4) is 0 Å². The monoisotopic (exact) mass is 357 g/mol. The second-order valence-corrected chi connectivity index (χ2v) is 5.42. The molecule has 0 saturated heterocycles. The molecule has 3 rings (SSSR count). The van der Waals surface area contributed by atoms with Gasteiger partial charge in [-0.3, -0.25) is 4.98 Å². The lowest BCUT2D eigenvalue weighted by Gasteiger charge is -2.08. The van der Waals surface area contributed by atoms with Gasteiger partial charge in [0.05, 0.1) is 17.1 Å². The van der Waals surface area contributed by atoms with E-state index < -0.39 is 5.97 Å². The molecule has 0 aliphatic rings. The zero-order valence-corrected chi connectivity index (χ0v) is 13.3. The summed E-state index contributed by atoms with van der Waals surface area (Å²) in [6, 6.07) is 14.3. The molecule has 110 valence electrons. The summed E-state index contributed by atoms with van der Waals surface area (Å²) in [5.74, 6) is 0.653. The molecule has 0 atom stereocenters. The molecule has 3 aromatic rings. The molecule has 0 spiro atoms. The van der Waals surface area contributed by atoms with Gasteiger partial charge in [0, 0.05) is 11.6 Å². The van der Waals surface area contributed by atoms with E-state index in [1.54, 1.807) is 37.6 Å². The van der Waals surface area contributed by atoms with Gasteiger partial charge in [0.25, 0.3) is 0 Å². The van der Waals surface area contributed by atoms with Crippen LogP contribution < -0.4 is 9.47 Å². The predicted octanol–water partition coefficient (Wildman–Crippen LogP) is 4.23. The van der Waals surface area contributed by atoms with Crippen LogP contribution in [0.5, 0.6) is 11.5 Å². The summed E-state index contributed by atoms with van der Waals surface area (Å²) < 4.78 is 11.3. The topological polar surface area (TPSA) is 48.4 Å². The zero-order valence-electron chi connectivity index (χ0n) is 11.7. The maximum Gasteiger partial charge on any atom is 0.343 e. The number of pyridine rings is 1. The number of para-hydroxylation sites is 1. The van der Waals surface area contributed by atoms with Crippen LogP contribution in [-0.4, -0.2) is 18.1 Å². The van der Waals surface area contributed by atoms with E-state index in [4.69, 9.17) is 9.47 Å². The van der Waals surface area contributed by atoms with E-state index in [2.05, 4.69) is 20.9 Å². The summed E-state index contributed by atoms with van der Waals surface area (Å²) in [5, 5.41) is 0.920. The van der Waals surface area contributed by atoms with Crippen molar-refractivity contribution in [1.82, 2.24) is 4.98 Å². The van der Waals surface area contributed by atoms with E-state index >= 15 is 0 Å². The fourth-order valence-electron chi connectivity index (χ4n) is 2.11. The molecular formula is C17H12BrNO3. The van der Waals surface area contributed by atoms with Crippen LogP contribution in [0.2, 0.25) is 0 Å². The zero-order chi connectivity index (χ0) is 15.5. The molecule has 0 aliphatic carbocycles. The number of carbonyl (C=O) groups excluding carboxylic acids is 1. The number of hydrogen-bond donors (Lipinski definition) is 0. The van der Waals surface area contributed by atoms with Crippen LogP contribution in [0.25, 0.3) is 10.9 Å². The van der Waals surface area contributed by atoms with Crippen molar-refractivity contribution in [3.05, 3.63) is 64.8 Å². The van der Waals surface area contributed by atoms with Crippen LogP contribution >= 0.6 is 15.9 Å². The van der Waals surface area contributed by atoms with Gasteiger partial charge < -0.3 is 9.47 Å². The molecule has 22 heavy (non-hydrogen) atoms. The summed E-state index contributed by atoms with van der Waals surface area (Å²) in [6.07, 6.45) is 1.67. The van der Waals surface area contributed by atoms with Gasteiger partial charge in [-0.05, 0) is 46.3 Å². The van der Waals surface area contributed by atoms with Crippen molar-refractivity contribution >= 4 is 32.8 Å². The van der Waals surface area contributed by atoms with Crippen molar-refractivity contribution in [3.63, 3.8) is 0 Å². The lowest BCUT2D eigenvalue weighted by atomic mass is 10.2. The van der Waals surface area contributed by atoms with Crippen LogP contribution in [0.1, 0.15) is 10.4 Å². The van der Waals surface area contributed by atoms with Gasteiger partial charge in [-0.2, -0.15) is 0 Å². The van der Waals surface area contributed by atoms with E-state index in [1.165, 1.54) is 0 Å². The van der Waals surface area contributed by atoms with Gasteiger partial charge in [0.2, 0.25) is 0 Å². The molecular weight excluding hydrogens is 346 g/mol. The summed E-state index contributed by atoms with van der Waals surface area (Å²) >= 11 is 3.36. The SMILES string of the molecule is COc1ccc(C(=O)Oc2cccc3cccnc23)cc1Br. The van der Waals surface area contributed by atoms with E-state index in [0.717, 1.165) is 5.39 Å². The number of rotatable bonds is 3. The molecule has 0 fully saturated rings. The van der Waals surface area contributed by atoms with E-state index in [9.17, 15) is 4.79 Å². The number of fused-ring (bicyclic) bond motifs is 1. The van der Waals surface area contributed by atoms with Crippen molar-refractivity contribution in [1.29, 1.82) is 0 Å². The minimum atomic E-state index is -0.443. The van der Waals surface area contributed by atoms with Gasteiger partial charge in [-0.25, -0.2) is 4.79 Å². The van der Waals surface area contributed by atoms with Crippen LogP contribution in [-0.2, 0) is 0 Å². The fraction of sp³-hybridized carbons (Fsp3) is 0.0588. The Labute approximate surface area is 135 Å². The molecule has 0 radical (unpaired) electrons. The minimum absolute atomic E-state index is 0.431. The molecule has 0 unspecified atom stereocenters. The quantitative estimate of drug-likeness (QED) is 0.520. The fourth-order valence-corrected chi connectivity index (χ4v) is 2.65. The van der Waals surface area contributed by atoms with Crippen molar-refractivity contribution in [2.45, 2.75) is 0 Å². The van der Waals surface area contributed by atoms with Crippen molar-refractivity contribution in [2.75, 3.05) is 7.11 Å². The standard InChI is InChI=1S/C17H12BrNO3/c1-21-14-8-7-12(10-13(14)18)17(20)22-15-6-2-4-11-5-3-9-19-16(11)15/h2-10H,1H3. The van der Waals surface area contributed by atoms with Crippen molar-refractivity contribution in [2.24, 2.45) is 0 Å². The van der Waals surface area contributed by atoms with Crippen LogP contribution in [0.4, 0.5) is 0 Å². The highest BCUT2D eigenvalue weighted by atomic mass is 79.9. The number of nitrogens with zero attached hydrogens (tertiary/aromatic N) is 1. The van der Waals surface area contributed by atoms with Crippen molar-refractivity contribution < 1.29 is 14.3 Å². The Morgan fingerprint density at radius 2 is 1.91 bits per heavy atom. The first-order valence-electron chi connectivity index (χ1n) is 6.58. The first-order chi connectivity index (χ1) is 10.7. The molecule has 1 heterocycles.